The summed E-state index contributed by atoms with van der Waals surface area (Å²) in [7, 11) is 1.35. The minimum absolute atomic E-state index is 0.0662. The number of amides is 2. The predicted octanol–water partition coefficient (Wildman–Crippen LogP) is 1.15. The van der Waals surface area contributed by atoms with Gasteiger partial charge in [0.05, 0.1) is 26.0 Å². The van der Waals surface area contributed by atoms with Gasteiger partial charge in [-0.3, -0.25) is 0 Å². The maximum absolute atomic E-state index is 13.1. The van der Waals surface area contributed by atoms with Crippen molar-refractivity contribution >= 4 is 17.7 Å². The van der Waals surface area contributed by atoms with Crippen LogP contribution in [0.5, 0.6) is 5.75 Å². The summed E-state index contributed by atoms with van der Waals surface area (Å²) in [6.07, 6.45) is 0. The lowest BCUT2D eigenvalue weighted by atomic mass is 10.2. The highest BCUT2D eigenvalue weighted by Gasteiger charge is 2.33. The summed E-state index contributed by atoms with van der Waals surface area (Å²) < 4.78 is 23.1. The fraction of sp³-hybridized carbons (Fsp3) is 0.385. The van der Waals surface area contributed by atoms with Crippen molar-refractivity contribution in [1.82, 2.24) is 4.90 Å². The number of urea groups is 1. The number of rotatable bonds is 3. The van der Waals surface area contributed by atoms with Crippen LogP contribution in [0.2, 0.25) is 0 Å². The van der Waals surface area contributed by atoms with E-state index in [4.69, 9.17) is 14.6 Å². The van der Waals surface area contributed by atoms with Gasteiger partial charge < -0.3 is 24.8 Å². The van der Waals surface area contributed by atoms with Gasteiger partial charge in [0.2, 0.25) is 0 Å². The third kappa shape index (κ3) is 3.40. The number of morpholine rings is 1. The summed E-state index contributed by atoms with van der Waals surface area (Å²) in [6, 6.07) is 2.00. The Balaban J connectivity index is 2.15. The number of hydrogen-bond donors (Lipinski definition) is 2. The van der Waals surface area contributed by atoms with Gasteiger partial charge in [0.1, 0.15) is 11.6 Å². The molecule has 2 N–H and O–H groups in total. The molecule has 1 aromatic rings. The molecule has 1 unspecified atom stereocenters. The molecule has 21 heavy (non-hydrogen) atoms. The van der Waals surface area contributed by atoms with Gasteiger partial charge in [-0.25, -0.2) is 14.0 Å². The van der Waals surface area contributed by atoms with E-state index in [0.717, 1.165) is 11.0 Å². The first-order valence-corrected chi connectivity index (χ1v) is 6.24. The molecule has 1 atom stereocenters. The summed E-state index contributed by atoms with van der Waals surface area (Å²) >= 11 is 0. The molecule has 8 heteroatoms. The molecule has 2 rings (SSSR count). The Bertz CT molecular complexity index is 551. The third-order valence-corrected chi connectivity index (χ3v) is 3.08. The predicted molar refractivity (Wildman–Crippen MR) is 70.9 cm³/mol. The Kier molecular flexibility index (Phi) is 4.59. The molecule has 0 aliphatic carbocycles. The van der Waals surface area contributed by atoms with Crippen LogP contribution >= 0.6 is 0 Å². The maximum atomic E-state index is 13.1. The number of hydrogen-bond acceptors (Lipinski definition) is 4. The topological polar surface area (TPSA) is 88.1 Å². The number of methoxy groups -OCH3 is 1. The van der Waals surface area contributed by atoms with Crippen molar-refractivity contribution in [1.29, 1.82) is 0 Å². The molecule has 0 bridgehead atoms. The minimum atomic E-state index is -1.14. The van der Waals surface area contributed by atoms with Crippen LogP contribution in [0.3, 0.4) is 0 Å². The molecule has 2 amide bonds. The number of carboxylic acid groups (broad SMARTS) is 1. The molecule has 1 aliphatic heterocycles. The first-order valence-electron chi connectivity index (χ1n) is 6.24. The SMILES string of the molecule is COc1cc(F)ccc1NC(=O)N1CCOCC1C(=O)O. The average molecular weight is 298 g/mol. The van der Waals surface area contributed by atoms with Crippen LogP contribution in [-0.4, -0.2) is 54.9 Å². The van der Waals surface area contributed by atoms with Crippen LogP contribution < -0.4 is 10.1 Å². The fourth-order valence-corrected chi connectivity index (χ4v) is 2.01. The number of aliphatic carboxylic acids is 1. The van der Waals surface area contributed by atoms with Gasteiger partial charge in [-0.2, -0.15) is 0 Å². The number of anilines is 1. The number of nitrogens with one attached hydrogen (secondary N) is 1. The van der Waals surface area contributed by atoms with Crippen LogP contribution in [-0.2, 0) is 9.53 Å². The van der Waals surface area contributed by atoms with E-state index in [1.807, 2.05) is 0 Å². The zero-order chi connectivity index (χ0) is 15.4. The zero-order valence-corrected chi connectivity index (χ0v) is 11.3. The summed E-state index contributed by atoms with van der Waals surface area (Å²) in [5.41, 5.74) is 0.263. The summed E-state index contributed by atoms with van der Waals surface area (Å²) in [6.45, 7) is 0.355. The first-order chi connectivity index (χ1) is 10.0. The van der Waals surface area contributed by atoms with Crippen molar-refractivity contribution in [3.63, 3.8) is 0 Å². The second-order valence-corrected chi connectivity index (χ2v) is 4.40. The van der Waals surface area contributed by atoms with Gasteiger partial charge in [0.25, 0.3) is 0 Å². The van der Waals surface area contributed by atoms with E-state index < -0.39 is 23.9 Å². The van der Waals surface area contributed by atoms with Crippen molar-refractivity contribution in [2.45, 2.75) is 6.04 Å². The molecular formula is C13H15FN2O5. The summed E-state index contributed by atoms with van der Waals surface area (Å²) in [4.78, 5) is 24.5. The normalized spacial score (nSPS) is 18.2. The van der Waals surface area contributed by atoms with E-state index in [2.05, 4.69) is 5.32 Å². The zero-order valence-electron chi connectivity index (χ0n) is 11.3. The van der Waals surface area contributed by atoms with Crippen molar-refractivity contribution in [2.75, 3.05) is 32.2 Å². The van der Waals surface area contributed by atoms with E-state index in [-0.39, 0.29) is 31.2 Å². The second kappa shape index (κ2) is 6.40. The van der Waals surface area contributed by atoms with Crippen LogP contribution in [0.4, 0.5) is 14.9 Å². The lowest BCUT2D eigenvalue weighted by Crippen LogP contribution is -2.53. The van der Waals surface area contributed by atoms with Crippen LogP contribution in [0.25, 0.3) is 0 Å². The van der Waals surface area contributed by atoms with Crippen molar-refractivity contribution in [3.05, 3.63) is 24.0 Å². The van der Waals surface area contributed by atoms with Gasteiger partial charge in [-0.05, 0) is 12.1 Å². The molecule has 114 valence electrons. The smallest absolute Gasteiger partial charge is 0.328 e. The highest BCUT2D eigenvalue weighted by molar-refractivity contribution is 5.93. The van der Waals surface area contributed by atoms with Crippen LogP contribution in [0.15, 0.2) is 18.2 Å². The Morgan fingerprint density at radius 2 is 2.29 bits per heavy atom. The highest BCUT2D eigenvalue weighted by Crippen LogP contribution is 2.25. The molecule has 0 spiro atoms. The second-order valence-electron chi connectivity index (χ2n) is 4.40. The van der Waals surface area contributed by atoms with E-state index in [1.165, 1.54) is 19.2 Å². The quantitative estimate of drug-likeness (QED) is 0.874. The monoisotopic (exact) mass is 298 g/mol. The van der Waals surface area contributed by atoms with Gasteiger partial charge in [0.15, 0.2) is 6.04 Å². The van der Waals surface area contributed by atoms with Crippen molar-refractivity contribution in [2.24, 2.45) is 0 Å². The van der Waals surface area contributed by atoms with Crippen molar-refractivity contribution < 1.29 is 28.6 Å². The molecule has 7 nitrogen and oxygen atoms in total. The number of carbonyl (C=O) groups excluding carboxylic acids is 1. The Morgan fingerprint density at radius 1 is 1.52 bits per heavy atom. The Hall–Kier alpha value is -2.35. The molecule has 0 radical (unpaired) electrons. The molecule has 1 heterocycles. The molecule has 1 saturated heterocycles. The molecule has 0 saturated carbocycles. The summed E-state index contributed by atoms with van der Waals surface area (Å²) in [5.74, 6) is -1.49. The first kappa shape index (κ1) is 15.0. The fourth-order valence-electron chi connectivity index (χ4n) is 2.01. The van der Waals surface area contributed by atoms with Gasteiger partial charge in [0, 0.05) is 12.6 Å². The minimum Gasteiger partial charge on any atom is -0.494 e. The standard InChI is InChI=1S/C13H15FN2O5/c1-20-11-6-8(14)2-3-9(11)15-13(19)16-4-5-21-7-10(16)12(17)18/h2-3,6,10H,4-5,7H2,1H3,(H,15,19)(H,17,18). The molecular weight excluding hydrogens is 283 g/mol. The van der Waals surface area contributed by atoms with Crippen LogP contribution in [0, 0.1) is 5.82 Å². The average Bonchev–Trinajstić information content (AvgIpc) is 2.48. The van der Waals surface area contributed by atoms with Gasteiger partial charge >= 0.3 is 12.0 Å². The number of benzene rings is 1. The Morgan fingerprint density at radius 3 is 2.95 bits per heavy atom. The molecule has 1 fully saturated rings. The lowest BCUT2D eigenvalue weighted by Gasteiger charge is -2.32. The van der Waals surface area contributed by atoms with E-state index in [1.54, 1.807) is 0 Å². The third-order valence-electron chi connectivity index (χ3n) is 3.08. The van der Waals surface area contributed by atoms with E-state index in [9.17, 15) is 14.0 Å². The number of carbonyl (C=O) groups is 2. The van der Waals surface area contributed by atoms with E-state index >= 15 is 0 Å². The number of halogens is 1. The number of carboxylic acids is 1. The highest BCUT2D eigenvalue weighted by atomic mass is 19.1. The van der Waals surface area contributed by atoms with Crippen molar-refractivity contribution in [3.8, 4) is 5.75 Å². The van der Waals surface area contributed by atoms with E-state index in [0.29, 0.717) is 0 Å². The van der Waals surface area contributed by atoms with Gasteiger partial charge in [-0.1, -0.05) is 0 Å². The maximum Gasteiger partial charge on any atom is 0.328 e. The lowest BCUT2D eigenvalue weighted by molar-refractivity contribution is -0.147. The molecule has 1 aromatic carbocycles. The number of nitrogens with zero attached hydrogens (tertiary/aromatic N) is 1. The molecule has 0 aromatic heterocycles. The largest absolute Gasteiger partial charge is 0.494 e. The van der Waals surface area contributed by atoms with Crippen LogP contribution in [0.1, 0.15) is 0 Å². The summed E-state index contributed by atoms with van der Waals surface area (Å²) in [5, 5.41) is 11.6. The van der Waals surface area contributed by atoms with Gasteiger partial charge in [-0.15, -0.1) is 0 Å². The number of ether oxygens (including phenoxy) is 2. The molecule has 1 aliphatic rings. The Labute approximate surface area is 120 Å².